The first-order valence-electron chi connectivity index (χ1n) is 10.9. The second kappa shape index (κ2) is 10.2. The zero-order valence-electron chi connectivity index (χ0n) is 19.7. The molecule has 1 N–H and O–H groups in total. The van der Waals surface area contributed by atoms with Gasteiger partial charge in [-0.2, -0.15) is 13.9 Å². The van der Waals surface area contributed by atoms with Crippen molar-refractivity contribution in [1.82, 2.24) is 25.1 Å². The second-order valence-electron chi connectivity index (χ2n) is 8.13. The van der Waals surface area contributed by atoms with E-state index in [2.05, 4.69) is 25.8 Å². The van der Waals surface area contributed by atoms with E-state index in [0.717, 1.165) is 4.68 Å². The van der Waals surface area contributed by atoms with Gasteiger partial charge in [0, 0.05) is 5.69 Å². The van der Waals surface area contributed by atoms with Crippen molar-refractivity contribution in [3.05, 3.63) is 70.2 Å². The summed E-state index contributed by atoms with van der Waals surface area (Å²) in [5, 5.41) is 20.4. The molecule has 0 radical (unpaired) electrons. The van der Waals surface area contributed by atoms with Crippen molar-refractivity contribution in [2.45, 2.75) is 19.5 Å². The van der Waals surface area contributed by atoms with Gasteiger partial charge >= 0.3 is 5.66 Å². The molecule has 1 atom stereocenters. The molecular weight excluding hydrogens is 576 g/mol. The molecule has 194 valence electrons. The summed E-state index contributed by atoms with van der Waals surface area (Å²) >= 11 is 12.6. The molecule has 0 aliphatic carbocycles. The van der Waals surface area contributed by atoms with Gasteiger partial charge in [0.15, 0.2) is 10.8 Å². The molecular formula is C24H17ClF3N6OPS2. The van der Waals surface area contributed by atoms with Gasteiger partial charge in [-0.15, -0.1) is 10.2 Å². The highest BCUT2D eigenvalue weighted by Crippen LogP contribution is 2.48. The maximum absolute atomic E-state index is 15.2. The van der Waals surface area contributed by atoms with Gasteiger partial charge < -0.3 is 9.84 Å². The van der Waals surface area contributed by atoms with Crippen molar-refractivity contribution in [1.29, 1.82) is 0 Å². The third-order valence-electron chi connectivity index (χ3n) is 5.37. The van der Waals surface area contributed by atoms with Crippen molar-refractivity contribution in [3.8, 4) is 38.8 Å². The third-order valence-corrected chi connectivity index (χ3v) is 6.92. The van der Waals surface area contributed by atoms with E-state index in [1.807, 2.05) is 0 Å². The van der Waals surface area contributed by atoms with Crippen LogP contribution in [0.4, 0.5) is 18.9 Å². The quantitative estimate of drug-likeness (QED) is 0.161. The molecule has 5 aromatic rings. The molecule has 0 saturated heterocycles. The van der Waals surface area contributed by atoms with Gasteiger partial charge in [0.2, 0.25) is 0 Å². The average Bonchev–Trinajstić information content (AvgIpc) is 3.56. The Balaban J connectivity index is 1.77. The molecule has 2 aromatic carbocycles. The van der Waals surface area contributed by atoms with Gasteiger partial charge in [-0.05, 0) is 44.2 Å². The number of nitrogens with zero attached hydrogens (tertiary/aromatic N) is 5. The van der Waals surface area contributed by atoms with E-state index in [1.165, 1.54) is 45.0 Å². The zero-order chi connectivity index (χ0) is 27.2. The van der Waals surface area contributed by atoms with Crippen LogP contribution in [0, 0.1) is 12.7 Å². The van der Waals surface area contributed by atoms with Gasteiger partial charge in [0.1, 0.15) is 22.2 Å². The number of rotatable bonds is 6. The third kappa shape index (κ3) is 4.96. The van der Waals surface area contributed by atoms with E-state index in [0.29, 0.717) is 26.4 Å². The summed E-state index contributed by atoms with van der Waals surface area (Å²) in [6, 6.07) is 10.8. The minimum absolute atomic E-state index is 0.00711. The maximum atomic E-state index is 15.2. The zero-order valence-corrected chi connectivity index (χ0v) is 23.2. The summed E-state index contributed by atoms with van der Waals surface area (Å²) < 4.78 is 52.0. The normalized spacial score (nSPS) is 11.7. The standard InChI is InChI=1S/C24H17ClF3N6OPS2/c1-11(37)30-13-5-3-6-14(9-13)34-22(24(27,28)36)15(10-29-34)21-19(23-32-31-12(2)38-23)20(33-35-21)18-16(25)7-4-8-17(18)26/h3-10H,36H2,1-2H3,(H,30,37). The van der Waals surface area contributed by atoms with Crippen LogP contribution >= 0.6 is 44.4 Å². The highest BCUT2D eigenvalue weighted by molar-refractivity contribution is 7.80. The average molecular weight is 593 g/mol. The molecule has 3 aromatic heterocycles. The molecule has 0 amide bonds. The molecule has 3 heterocycles. The fourth-order valence-electron chi connectivity index (χ4n) is 3.91. The van der Waals surface area contributed by atoms with Crippen LogP contribution in [0.1, 0.15) is 17.6 Å². The van der Waals surface area contributed by atoms with Crippen LogP contribution in [0.25, 0.3) is 38.8 Å². The highest BCUT2D eigenvalue weighted by Gasteiger charge is 2.38. The Labute approximate surface area is 231 Å². The molecule has 14 heteroatoms. The minimum Gasteiger partial charge on any atom is -0.355 e. The van der Waals surface area contributed by atoms with Crippen LogP contribution in [-0.2, 0) is 5.66 Å². The Morgan fingerprint density at radius 2 is 1.95 bits per heavy atom. The van der Waals surface area contributed by atoms with Crippen LogP contribution in [0.3, 0.4) is 0 Å². The van der Waals surface area contributed by atoms with E-state index in [4.69, 9.17) is 28.3 Å². The fraction of sp³-hybridized carbons (Fsp3) is 0.125. The van der Waals surface area contributed by atoms with Crippen LogP contribution in [0.2, 0.25) is 5.02 Å². The number of aromatic nitrogens is 5. The lowest BCUT2D eigenvalue weighted by atomic mass is 10.0. The summed E-state index contributed by atoms with van der Waals surface area (Å²) in [6.07, 6.45) is 1.24. The van der Waals surface area contributed by atoms with Crippen LogP contribution in [0.5, 0.6) is 0 Å². The number of halogens is 4. The van der Waals surface area contributed by atoms with Crippen LogP contribution in [-0.4, -0.2) is 30.1 Å². The molecule has 5 rings (SSSR count). The van der Waals surface area contributed by atoms with Gasteiger partial charge in [-0.1, -0.05) is 61.7 Å². The summed E-state index contributed by atoms with van der Waals surface area (Å²) in [4.78, 5) is 0.512. The molecule has 0 bridgehead atoms. The topological polar surface area (TPSA) is 81.7 Å². The monoisotopic (exact) mass is 592 g/mol. The lowest BCUT2D eigenvalue weighted by Crippen LogP contribution is -2.13. The fourth-order valence-corrected chi connectivity index (χ4v) is 5.30. The second-order valence-corrected chi connectivity index (χ2v) is 11.1. The Kier molecular flexibility index (Phi) is 7.08. The van der Waals surface area contributed by atoms with E-state index < -0.39 is 17.2 Å². The summed E-state index contributed by atoms with van der Waals surface area (Å²) in [6.45, 7) is 3.43. The first kappa shape index (κ1) is 26.4. The Hall–Kier alpha value is -3.18. The number of aryl methyl sites for hydroxylation is 1. The van der Waals surface area contributed by atoms with Crippen molar-refractivity contribution in [3.63, 3.8) is 0 Å². The first-order valence-corrected chi connectivity index (χ1v) is 13.1. The predicted octanol–water partition coefficient (Wildman–Crippen LogP) is 7.50. The Morgan fingerprint density at radius 3 is 2.61 bits per heavy atom. The first-order chi connectivity index (χ1) is 18.0. The molecule has 7 nitrogen and oxygen atoms in total. The predicted molar refractivity (Wildman–Crippen MR) is 149 cm³/mol. The molecule has 0 fully saturated rings. The summed E-state index contributed by atoms with van der Waals surface area (Å²) in [5.41, 5.74) is -2.94. The number of hydrogen-bond acceptors (Lipinski definition) is 7. The van der Waals surface area contributed by atoms with Gasteiger partial charge in [0.05, 0.1) is 38.6 Å². The Morgan fingerprint density at radius 1 is 1.18 bits per heavy atom. The van der Waals surface area contributed by atoms with Gasteiger partial charge in [-0.25, -0.2) is 9.07 Å². The number of hydrogen-bond donors (Lipinski definition) is 1. The van der Waals surface area contributed by atoms with Crippen molar-refractivity contribution < 1.29 is 17.7 Å². The molecule has 0 saturated carbocycles. The minimum atomic E-state index is -3.45. The van der Waals surface area contributed by atoms with Crippen molar-refractivity contribution in [2.24, 2.45) is 0 Å². The number of thiocarbonyl (C=S) groups is 1. The smallest absolute Gasteiger partial charge is 0.301 e. The van der Waals surface area contributed by atoms with Crippen LogP contribution in [0.15, 0.2) is 53.2 Å². The largest absolute Gasteiger partial charge is 0.355 e. The molecule has 38 heavy (non-hydrogen) atoms. The lowest BCUT2D eigenvalue weighted by molar-refractivity contribution is 0.0960. The van der Waals surface area contributed by atoms with Crippen molar-refractivity contribution in [2.75, 3.05) is 5.32 Å². The van der Waals surface area contributed by atoms with E-state index in [1.54, 1.807) is 38.1 Å². The van der Waals surface area contributed by atoms with E-state index >= 15 is 8.78 Å². The number of nitrogens with one attached hydrogen (secondary N) is 1. The van der Waals surface area contributed by atoms with Crippen LogP contribution < -0.4 is 5.32 Å². The van der Waals surface area contributed by atoms with Crippen molar-refractivity contribution >= 4 is 55.1 Å². The molecule has 0 aliphatic heterocycles. The Bertz CT molecular complexity index is 1660. The van der Waals surface area contributed by atoms with Gasteiger partial charge in [0.25, 0.3) is 0 Å². The summed E-state index contributed by atoms with van der Waals surface area (Å²) in [5.74, 6) is -0.742. The van der Waals surface area contributed by atoms with Gasteiger partial charge in [-0.3, -0.25) is 0 Å². The number of anilines is 1. The maximum Gasteiger partial charge on any atom is 0.301 e. The molecule has 1 unspecified atom stereocenters. The molecule has 0 spiro atoms. The SMILES string of the molecule is CC(=S)Nc1cccc(-n2ncc(-c3onc(-c4c(F)cccc4Cl)c3-c3nnc(C)s3)c2C(F)(F)P)c1. The molecule has 0 aliphatic rings. The summed E-state index contributed by atoms with van der Waals surface area (Å²) in [7, 11) is 1.52. The highest BCUT2D eigenvalue weighted by atomic mass is 35.5. The van der Waals surface area contributed by atoms with E-state index in [-0.39, 0.29) is 33.2 Å². The van der Waals surface area contributed by atoms with E-state index in [9.17, 15) is 4.39 Å². The number of alkyl halides is 2. The lowest BCUT2D eigenvalue weighted by Gasteiger charge is -2.16. The number of benzene rings is 2.